The Morgan fingerprint density at radius 2 is 1.41 bits per heavy atom. The summed E-state index contributed by atoms with van der Waals surface area (Å²) in [5.74, 6) is 0. The minimum absolute atomic E-state index is 0.0345. The lowest BCUT2D eigenvalue weighted by Gasteiger charge is -2.20. The number of unbranched alkanes of at least 4 members (excludes halogenated alkanes) is 2. The molecule has 0 spiro atoms. The van der Waals surface area contributed by atoms with E-state index in [1.165, 1.54) is 36.2 Å². The maximum Gasteiger partial charge on any atom is 0.460 e. The SMILES string of the molecule is CCC[CH2][Al]([CH2]CCC)[O]CCOC(C)(C)C. The lowest BCUT2D eigenvalue weighted by molar-refractivity contribution is -0.0168. The molecule has 102 valence electrons. The van der Waals surface area contributed by atoms with Gasteiger partial charge in [0.05, 0.1) is 12.2 Å². The van der Waals surface area contributed by atoms with E-state index in [2.05, 4.69) is 34.6 Å². The van der Waals surface area contributed by atoms with Crippen molar-refractivity contribution < 1.29 is 8.53 Å². The summed E-state index contributed by atoms with van der Waals surface area (Å²) in [7, 11) is 0. The van der Waals surface area contributed by atoms with E-state index >= 15 is 0 Å². The summed E-state index contributed by atoms with van der Waals surface area (Å²) in [6.45, 7) is 12.3. The molecule has 0 saturated heterocycles. The first-order chi connectivity index (χ1) is 7.99. The maximum atomic E-state index is 6.06. The molecule has 0 N–H and O–H groups in total. The van der Waals surface area contributed by atoms with Crippen molar-refractivity contribution in [1.82, 2.24) is 0 Å². The Hall–Kier alpha value is 0.452. The normalized spacial score (nSPS) is 11.8. The van der Waals surface area contributed by atoms with Crippen LogP contribution in [0.5, 0.6) is 0 Å². The molecule has 0 heterocycles. The van der Waals surface area contributed by atoms with Crippen LogP contribution in [0.1, 0.15) is 60.3 Å². The minimum atomic E-state index is -0.935. The minimum Gasteiger partial charge on any atom is -0.499 e. The number of ether oxygens (including phenoxy) is 1. The molecule has 2 nitrogen and oxygen atoms in total. The van der Waals surface area contributed by atoms with E-state index in [0.29, 0.717) is 0 Å². The van der Waals surface area contributed by atoms with E-state index in [4.69, 9.17) is 8.53 Å². The highest BCUT2D eigenvalue weighted by Gasteiger charge is 2.19. The topological polar surface area (TPSA) is 18.5 Å². The van der Waals surface area contributed by atoms with Gasteiger partial charge in [-0.1, -0.05) is 50.1 Å². The summed E-state index contributed by atoms with van der Waals surface area (Å²) < 4.78 is 11.7. The first kappa shape index (κ1) is 17.5. The van der Waals surface area contributed by atoms with Crippen molar-refractivity contribution in [3.05, 3.63) is 0 Å². The zero-order chi connectivity index (χ0) is 13.1. The predicted octanol–water partition coefficient (Wildman–Crippen LogP) is 4.41. The van der Waals surface area contributed by atoms with E-state index < -0.39 is 14.5 Å². The van der Waals surface area contributed by atoms with Crippen LogP contribution >= 0.6 is 0 Å². The second-order valence-corrected chi connectivity index (χ2v) is 8.47. The van der Waals surface area contributed by atoms with Crippen LogP contribution in [0.15, 0.2) is 0 Å². The second-order valence-electron chi connectivity index (χ2n) is 5.74. The average molecular weight is 258 g/mol. The van der Waals surface area contributed by atoms with Crippen molar-refractivity contribution in [3.63, 3.8) is 0 Å². The maximum absolute atomic E-state index is 6.06. The van der Waals surface area contributed by atoms with Crippen LogP contribution < -0.4 is 0 Å². The van der Waals surface area contributed by atoms with E-state index in [-0.39, 0.29) is 5.60 Å². The van der Waals surface area contributed by atoms with Gasteiger partial charge in [0.15, 0.2) is 0 Å². The highest BCUT2D eigenvalue weighted by molar-refractivity contribution is 6.51. The summed E-state index contributed by atoms with van der Waals surface area (Å²) in [5, 5.41) is 2.68. The Morgan fingerprint density at radius 3 is 1.82 bits per heavy atom. The van der Waals surface area contributed by atoms with Gasteiger partial charge in [-0.15, -0.1) is 0 Å². The zero-order valence-corrected chi connectivity index (χ0v) is 13.7. The molecule has 0 atom stereocenters. The van der Waals surface area contributed by atoms with Gasteiger partial charge in [0.1, 0.15) is 0 Å². The van der Waals surface area contributed by atoms with Gasteiger partial charge in [-0.25, -0.2) is 0 Å². The van der Waals surface area contributed by atoms with Gasteiger partial charge in [-0.05, 0) is 20.8 Å². The summed E-state index contributed by atoms with van der Waals surface area (Å²) in [6, 6.07) is 0. The molecule has 3 heteroatoms. The Morgan fingerprint density at radius 1 is 0.882 bits per heavy atom. The van der Waals surface area contributed by atoms with Gasteiger partial charge in [0.2, 0.25) is 0 Å². The first-order valence-corrected chi connectivity index (χ1v) is 9.35. The summed E-state index contributed by atoms with van der Waals surface area (Å²) in [5.41, 5.74) is -0.0345. The van der Waals surface area contributed by atoms with Crippen molar-refractivity contribution in [2.75, 3.05) is 13.2 Å². The van der Waals surface area contributed by atoms with Gasteiger partial charge in [-0.2, -0.15) is 0 Å². The molecule has 0 aliphatic rings. The Kier molecular flexibility index (Phi) is 10.7. The lowest BCUT2D eigenvalue weighted by Crippen LogP contribution is -2.25. The summed E-state index contributed by atoms with van der Waals surface area (Å²) in [6.07, 6.45) is 5.25. The molecule has 0 amide bonds. The number of hydrogen-bond acceptors (Lipinski definition) is 2. The fraction of sp³-hybridized carbons (Fsp3) is 1.00. The molecule has 0 aromatic rings. The van der Waals surface area contributed by atoms with Gasteiger partial charge >= 0.3 is 14.5 Å². The molecule has 0 fully saturated rings. The predicted molar refractivity (Wildman–Crippen MR) is 76.8 cm³/mol. The molecule has 0 aliphatic heterocycles. The largest absolute Gasteiger partial charge is 0.499 e. The standard InChI is InChI=1S/C6H13O2.2C4H9.Al/c1-6(2,3)8-5-4-7;2*1-3-4-2;/h4-5H2,1-3H3;2*1,3-4H2,2H3;/q-1;;;+1. The molecule has 0 saturated carbocycles. The average Bonchev–Trinajstić information content (AvgIpc) is 2.25. The van der Waals surface area contributed by atoms with Crippen molar-refractivity contribution in [2.45, 2.75) is 76.5 Å². The van der Waals surface area contributed by atoms with Crippen LogP contribution in [-0.4, -0.2) is 33.3 Å². The summed E-state index contributed by atoms with van der Waals surface area (Å²) in [4.78, 5) is 0. The third-order valence-corrected chi connectivity index (χ3v) is 5.54. The highest BCUT2D eigenvalue weighted by Crippen LogP contribution is 2.12. The van der Waals surface area contributed by atoms with Gasteiger partial charge in [0.25, 0.3) is 0 Å². The smallest absolute Gasteiger partial charge is 0.460 e. The van der Waals surface area contributed by atoms with Crippen LogP contribution in [0.3, 0.4) is 0 Å². The number of hydrogen-bond donors (Lipinski definition) is 0. The van der Waals surface area contributed by atoms with Crippen molar-refractivity contribution in [1.29, 1.82) is 0 Å². The third-order valence-electron chi connectivity index (χ3n) is 2.73. The molecule has 17 heavy (non-hydrogen) atoms. The van der Waals surface area contributed by atoms with E-state index in [9.17, 15) is 0 Å². The molecule has 0 radical (unpaired) electrons. The van der Waals surface area contributed by atoms with Crippen LogP contribution in [0.25, 0.3) is 0 Å². The summed E-state index contributed by atoms with van der Waals surface area (Å²) >= 11 is -0.935. The van der Waals surface area contributed by atoms with Crippen molar-refractivity contribution in [3.8, 4) is 0 Å². The van der Waals surface area contributed by atoms with Crippen molar-refractivity contribution in [2.24, 2.45) is 0 Å². The molecule has 0 rings (SSSR count). The molecule has 0 aliphatic carbocycles. The first-order valence-electron chi connectivity index (χ1n) is 7.25. The van der Waals surface area contributed by atoms with Gasteiger partial charge < -0.3 is 8.53 Å². The molecule has 0 aromatic carbocycles. The fourth-order valence-corrected chi connectivity index (χ4v) is 4.52. The van der Waals surface area contributed by atoms with Crippen LogP contribution in [-0.2, 0) is 8.53 Å². The quantitative estimate of drug-likeness (QED) is 0.427. The molecular weight excluding hydrogens is 227 g/mol. The third kappa shape index (κ3) is 12.7. The molecular formula is C14H31AlO2. The Bertz CT molecular complexity index is 158. The van der Waals surface area contributed by atoms with Gasteiger partial charge in [-0.3, -0.25) is 0 Å². The van der Waals surface area contributed by atoms with Crippen LogP contribution in [0, 0.1) is 0 Å². The van der Waals surface area contributed by atoms with E-state index in [1.54, 1.807) is 0 Å². The zero-order valence-electron chi connectivity index (χ0n) is 12.6. The monoisotopic (exact) mass is 258 g/mol. The Labute approximate surface area is 113 Å². The molecule has 0 unspecified atom stereocenters. The second kappa shape index (κ2) is 10.4. The molecule has 0 bridgehead atoms. The van der Waals surface area contributed by atoms with E-state index in [1.807, 2.05) is 0 Å². The lowest BCUT2D eigenvalue weighted by atomic mass is 10.2. The van der Waals surface area contributed by atoms with Gasteiger partial charge in [0, 0.05) is 6.61 Å². The van der Waals surface area contributed by atoms with Crippen molar-refractivity contribution >= 4 is 14.5 Å². The molecule has 0 aromatic heterocycles. The van der Waals surface area contributed by atoms with Crippen LogP contribution in [0.4, 0.5) is 0 Å². The fourth-order valence-electron chi connectivity index (χ4n) is 1.74. The van der Waals surface area contributed by atoms with Crippen LogP contribution in [0.2, 0.25) is 10.6 Å². The number of rotatable bonds is 10. The van der Waals surface area contributed by atoms with E-state index in [0.717, 1.165) is 13.2 Å². The Balaban J connectivity index is 3.66. The highest BCUT2D eigenvalue weighted by atomic mass is 27.2.